The molecule has 1 aromatic carbocycles. The predicted octanol–water partition coefficient (Wildman–Crippen LogP) is 3.52. The van der Waals surface area contributed by atoms with Crippen LogP contribution in [0.15, 0.2) is 22.7 Å². The topological polar surface area (TPSA) is 40.9 Å². The van der Waals surface area contributed by atoms with Crippen molar-refractivity contribution in [2.45, 2.75) is 32.6 Å². The van der Waals surface area contributed by atoms with Crippen molar-refractivity contribution in [1.82, 2.24) is 0 Å². The van der Waals surface area contributed by atoms with Gasteiger partial charge in [0.05, 0.1) is 11.5 Å². The highest BCUT2D eigenvalue weighted by Crippen LogP contribution is 2.30. The number of hydrogen-bond acceptors (Lipinski definition) is 2. The summed E-state index contributed by atoms with van der Waals surface area (Å²) in [5.41, 5.74) is 1.23. The summed E-state index contributed by atoms with van der Waals surface area (Å²) >= 11 is 3.41. The largest absolute Gasteiger partial charge is 0.300 e. The van der Waals surface area contributed by atoms with Crippen molar-refractivity contribution in [1.29, 1.82) is 5.26 Å². The van der Waals surface area contributed by atoms with E-state index >= 15 is 0 Å². The normalized spacial score (nSPS) is 13.9. The Kier molecular flexibility index (Phi) is 3.88. The molecule has 0 fully saturated rings. The van der Waals surface area contributed by atoms with Crippen LogP contribution in [0, 0.1) is 18.3 Å². The van der Waals surface area contributed by atoms with Crippen molar-refractivity contribution < 1.29 is 4.79 Å². The average Bonchev–Trinajstić information content (AvgIpc) is 2.15. The molecule has 0 radical (unpaired) electrons. The van der Waals surface area contributed by atoms with Crippen LogP contribution in [0.25, 0.3) is 0 Å². The Morgan fingerprint density at radius 2 is 2.12 bits per heavy atom. The van der Waals surface area contributed by atoms with E-state index in [0.29, 0.717) is 0 Å². The highest BCUT2D eigenvalue weighted by atomic mass is 79.9. The van der Waals surface area contributed by atoms with Gasteiger partial charge in [0, 0.05) is 10.9 Å². The van der Waals surface area contributed by atoms with E-state index < -0.39 is 5.41 Å². The fourth-order valence-corrected chi connectivity index (χ4v) is 2.37. The molecular weight excluding hydrogens is 266 g/mol. The highest BCUT2D eigenvalue weighted by Gasteiger charge is 2.28. The molecule has 0 saturated heterocycles. The van der Waals surface area contributed by atoms with Gasteiger partial charge in [-0.1, -0.05) is 22.0 Å². The lowest BCUT2D eigenvalue weighted by Crippen LogP contribution is -2.22. The molecule has 2 nitrogen and oxygen atoms in total. The molecule has 0 aromatic heterocycles. The molecule has 1 atom stereocenters. The number of aryl methyl sites for hydroxylation is 1. The SMILES string of the molecule is CC(=O)CC(C)(C#N)c1cc(C)cc(Br)c1. The van der Waals surface area contributed by atoms with E-state index in [1.807, 2.05) is 25.1 Å². The van der Waals surface area contributed by atoms with Crippen molar-refractivity contribution in [3.05, 3.63) is 33.8 Å². The van der Waals surface area contributed by atoms with Crippen LogP contribution in [-0.4, -0.2) is 5.78 Å². The third kappa shape index (κ3) is 2.93. The number of rotatable bonds is 3. The Bertz CT molecular complexity index is 441. The van der Waals surface area contributed by atoms with E-state index in [-0.39, 0.29) is 12.2 Å². The summed E-state index contributed by atoms with van der Waals surface area (Å²) in [6.07, 6.45) is 0.249. The van der Waals surface area contributed by atoms with Crippen LogP contribution in [-0.2, 0) is 10.2 Å². The molecule has 0 heterocycles. The molecule has 84 valence electrons. The van der Waals surface area contributed by atoms with E-state index in [2.05, 4.69) is 22.0 Å². The number of halogens is 1. The van der Waals surface area contributed by atoms with Crippen LogP contribution in [0.2, 0.25) is 0 Å². The van der Waals surface area contributed by atoms with Gasteiger partial charge in [0.2, 0.25) is 0 Å². The van der Waals surface area contributed by atoms with Crippen molar-refractivity contribution in [3.8, 4) is 6.07 Å². The molecule has 3 heteroatoms. The molecule has 1 unspecified atom stereocenters. The summed E-state index contributed by atoms with van der Waals surface area (Å²) in [6.45, 7) is 5.29. The minimum absolute atomic E-state index is 0.0293. The Morgan fingerprint density at radius 3 is 2.56 bits per heavy atom. The fraction of sp³-hybridized carbons (Fsp3) is 0.385. The molecule has 1 aromatic rings. The summed E-state index contributed by atoms with van der Waals surface area (Å²) in [5.74, 6) is 0.0293. The van der Waals surface area contributed by atoms with E-state index in [1.165, 1.54) is 6.92 Å². The fourth-order valence-electron chi connectivity index (χ4n) is 1.76. The van der Waals surface area contributed by atoms with Crippen LogP contribution in [0.5, 0.6) is 0 Å². The maximum Gasteiger partial charge on any atom is 0.131 e. The maximum atomic E-state index is 11.2. The number of nitrogens with zero attached hydrogens (tertiary/aromatic N) is 1. The first-order chi connectivity index (χ1) is 7.37. The van der Waals surface area contributed by atoms with Gasteiger partial charge in [-0.25, -0.2) is 0 Å². The number of nitriles is 1. The molecule has 0 spiro atoms. The minimum atomic E-state index is -0.736. The van der Waals surface area contributed by atoms with Crippen molar-refractivity contribution in [3.63, 3.8) is 0 Å². The molecule has 0 aliphatic rings. The second-order valence-electron chi connectivity index (χ2n) is 4.34. The Hall–Kier alpha value is -1.14. The molecule has 0 amide bonds. The summed E-state index contributed by atoms with van der Waals surface area (Å²) in [7, 11) is 0. The van der Waals surface area contributed by atoms with Gasteiger partial charge in [0.1, 0.15) is 5.78 Å². The summed E-state index contributed by atoms with van der Waals surface area (Å²) < 4.78 is 0.938. The molecule has 0 aliphatic heterocycles. The van der Waals surface area contributed by atoms with Gasteiger partial charge in [-0.2, -0.15) is 5.26 Å². The second-order valence-corrected chi connectivity index (χ2v) is 5.26. The number of carbonyl (C=O) groups is 1. The number of benzene rings is 1. The quantitative estimate of drug-likeness (QED) is 0.850. The van der Waals surface area contributed by atoms with E-state index in [9.17, 15) is 10.1 Å². The Balaban J connectivity index is 3.23. The van der Waals surface area contributed by atoms with Crippen LogP contribution in [0.4, 0.5) is 0 Å². The van der Waals surface area contributed by atoms with Crippen LogP contribution < -0.4 is 0 Å². The van der Waals surface area contributed by atoms with Gasteiger partial charge in [0.15, 0.2) is 0 Å². The highest BCUT2D eigenvalue weighted by molar-refractivity contribution is 9.10. The molecule has 0 saturated carbocycles. The monoisotopic (exact) mass is 279 g/mol. The zero-order valence-electron chi connectivity index (χ0n) is 9.67. The Labute approximate surface area is 104 Å². The van der Waals surface area contributed by atoms with Gasteiger partial charge < -0.3 is 0 Å². The zero-order chi connectivity index (χ0) is 12.3. The lowest BCUT2D eigenvalue weighted by molar-refractivity contribution is -0.117. The minimum Gasteiger partial charge on any atom is -0.300 e. The number of Topliss-reactive ketones (excluding diaryl/α,β-unsaturated/α-hetero) is 1. The van der Waals surface area contributed by atoms with Crippen molar-refractivity contribution >= 4 is 21.7 Å². The maximum absolute atomic E-state index is 11.2. The lowest BCUT2D eigenvalue weighted by atomic mass is 9.79. The van der Waals surface area contributed by atoms with Crippen LogP contribution >= 0.6 is 15.9 Å². The number of ketones is 1. The van der Waals surface area contributed by atoms with Gasteiger partial charge in [-0.3, -0.25) is 4.79 Å². The smallest absolute Gasteiger partial charge is 0.131 e. The van der Waals surface area contributed by atoms with Gasteiger partial charge >= 0.3 is 0 Å². The predicted molar refractivity (Wildman–Crippen MR) is 67.1 cm³/mol. The van der Waals surface area contributed by atoms with Crippen LogP contribution in [0.3, 0.4) is 0 Å². The van der Waals surface area contributed by atoms with E-state index in [4.69, 9.17) is 0 Å². The first-order valence-corrected chi connectivity index (χ1v) is 5.85. The van der Waals surface area contributed by atoms with Crippen LogP contribution in [0.1, 0.15) is 31.4 Å². The van der Waals surface area contributed by atoms with E-state index in [0.717, 1.165) is 15.6 Å². The summed E-state index contributed by atoms with van der Waals surface area (Å²) in [4.78, 5) is 11.2. The first-order valence-electron chi connectivity index (χ1n) is 5.06. The molecular formula is C13H14BrNO. The van der Waals surface area contributed by atoms with E-state index in [1.54, 1.807) is 6.92 Å². The van der Waals surface area contributed by atoms with Crippen molar-refractivity contribution in [2.24, 2.45) is 0 Å². The Morgan fingerprint density at radius 1 is 1.50 bits per heavy atom. The number of hydrogen-bond donors (Lipinski definition) is 0. The lowest BCUT2D eigenvalue weighted by Gasteiger charge is -2.21. The molecule has 16 heavy (non-hydrogen) atoms. The summed E-state index contributed by atoms with van der Waals surface area (Å²) in [6, 6.07) is 8.08. The molecule has 1 rings (SSSR count). The van der Waals surface area contributed by atoms with Crippen molar-refractivity contribution in [2.75, 3.05) is 0 Å². The standard InChI is InChI=1S/C13H14BrNO/c1-9-4-11(6-12(14)5-9)13(3,8-15)7-10(2)16/h4-6H,7H2,1-3H3. The molecule has 0 N–H and O–H groups in total. The average molecular weight is 280 g/mol. The third-order valence-electron chi connectivity index (χ3n) is 2.53. The second kappa shape index (κ2) is 4.80. The number of carbonyl (C=O) groups excluding carboxylic acids is 1. The van der Waals surface area contributed by atoms with Gasteiger partial charge in [-0.05, 0) is 44.0 Å². The molecule has 0 aliphatic carbocycles. The van der Waals surface area contributed by atoms with Gasteiger partial charge in [-0.15, -0.1) is 0 Å². The van der Waals surface area contributed by atoms with Gasteiger partial charge in [0.25, 0.3) is 0 Å². The molecule has 0 bridgehead atoms. The summed E-state index contributed by atoms with van der Waals surface area (Å²) in [5, 5.41) is 9.25. The zero-order valence-corrected chi connectivity index (χ0v) is 11.3. The third-order valence-corrected chi connectivity index (χ3v) is 2.99. The first kappa shape index (κ1) is 12.9.